The number of H-pyrrole nitrogens is 1. The fraction of sp³-hybridized carbons (Fsp3) is 0.250. The van der Waals surface area contributed by atoms with E-state index in [1.165, 1.54) is 19.2 Å². The van der Waals surface area contributed by atoms with Crippen molar-refractivity contribution in [2.45, 2.75) is 19.3 Å². The Balaban J connectivity index is 2.03. The molecular formula is C16H15FN4O3. The number of hydrogen-bond acceptors (Lipinski definition) is 6. The summed E-state index contributed by atoms with van der Waals surface area (Å²) in [5.41, 5.74) is -0.805. The van der Waals surface area contributed by atoms with E-state index in [-0.39, 0.29) is 29.2 Å². The van der Waals surface area contributed by atoms with Crippen LogP contribution in [-0.2, 0) is 5.41 Å². The molecule has 2 aromatic heterocycles. The average Bonchev–Trinajstić information content (AvgIpc) is 3.05. The third-order valence-electron chi connectivity index (χ3n) is 3.66. The summed E-state index contributed by atoms with van der Waals surface area (Å²) in [7, 11) is 1.39. The molecule has 0 unspecified atom stereocenters. The number of ether oxygens (including phenoxy) is 1. The highest BCUT2D eigenvalue weighted by Crippen LogP contribution is 2.32. The van der Waals surface area contributed by atoms with Crippen LogP contribution >= 0.6 is 0 Å². The lowest BCUT2D eigenvalue weighted by molar-refractivity contribution is 0.390. The Morgan fingerprint density at radius 3 is 2.71 bits per heavy atom. The number of benzene rings is 1. The molecule has 0 radical (unpaired) electrons. The van der Waals surface area contributed by atoms with E-state index >= 15 is 0 Å². The molecule has 8 heteroatoms. The standard InChI is InChI=1S/C16H15FN4O3/c1-16(2,9-6-4-5-7-10(9)17)15-20-14(24-21-15)13-18-11(22)8-12(19-13)23-3/h4-8H,1-3H3,(H,18,19,22). The summed E-state index contributed by atoms with van der Waals surface area (Å²) in [6, 6.07) is 7.59. The van der Waals surface area contributed by atoms with Gasteiger partial charge >= 0.3 is 0 Å². The molecule has 1 N–H and O–H groups in total. The van der Waals surface area contributed by atoms with Crippen LogP contribution in [0.2, 0.25) is 0 Å². The molecule has 0 atom stereocenters. The molecule has 0 saturated heterocycles. The number of nitrogens with one attached hydrogen (secondary N) is 1. The molecule has 0 aliphatic heterocycles. The number of hydrogen-bond donors (Lipinski definition) is 1. The van der Waals surface area contributed by atoms with Crippen LogP contribution in [0.1, 0.15) is 25.2 Å². The van der Waals surface area contributed by atoms with Gasteiger partial charge in [-0.05, 0) is 19.9 Å². The highest BCUT2D eigenvalue weighted by molar-refractivity contribution is 5.42. The van der Waals surface area contributed by atoms with Gasteiger partial charge < -0.3 is 14.2 Å². The minimum absolute atomic E-state index is 0.0189. The minimum atomic E-state index is -0.827. The number of halogens is 1. The first-order valence-electron chi connectivity index (χ1n) is 7.16. The minimum Gasteiger partial charge on any atom is -0.481 e. The van der Waals surface area contributed by atoms with E-state index in [0.717, 1.165) is 0 Å². The molecule has 0 spiro atoms. The third kappa shape index (κ3) is 2.78. The normalized spacial score (nSPS) is 11.5. The van der Waals surface area contributed by atoms with Gasteiger partial charge in [0, 0.05) is 5.56 Å². The second-order valence-electron chi connectivity index (χ2n) is 5.66. The van der Waals surface area contributed by atoms with Crippen molar-refractivity contribution in [1.29, 1.82) is 0 Å². The molecule has 0 aliphatic rings. The maximum Gasteiger partial charge on any atom is 0.293 e. The molecule has 0 fully saturated rings. The van der Waals surface area contributed by atoms with Crippen LogP contribution in [-0.4, -0.2) is 27.2 Å². The quantitative estimate of drug-likeness (QED) is 0.789. The molecule has 1 aromatic carbocycles. The largest absolute Gasteiger partial charge is 0.481 e. The first kappa shape index (κ1) is 15.9. The van der Waals surface area contributed by atoms with Gasteiger partial charge in [0.25, 0.3) is 11.4 Å². The van der Waals surface area contributed by atoms with Crippen LogP contribution in [0.25, 0.3) is 11.7 Å². The summed E-state index contributed by atoms with van der Waals surface area (Å²) in [5, 5.41) is 3.91. The van der Waals surface area contributed by atoms with Gasteiger partial charge in [0.15, 0.2) is 5.82 Å². The van der Waals surface area contributed by atoms with Gasteiger partial charge in [0.2, 0.25) is 11.7 Å². The van der Waals surface area contributed by atoms with Gasteiger partial charge in [0.05, 0.1) is 18.6 Å². The van der Waals surface area contributed by atoms with E-state index in [4.69, 9.17) is 9.26 Å². The van der Waals surface area contributed by atoms with Crippen LogP contribution in [0.3, 0.4) is 0 Å². The maximum absolute atomic E-state index is 14.1. The van der Waals surface area contributed by atoms with Crippen molar-refractivity contribution >= 4 is 0 Å². The Morgan fingerprint density at radius 2 is 2.00 bits per heavy atom. The van der Waals surface area contributed by atoms with Crippen molar-refractivity contribution in [1.82, 2.24) is 20.1 Å². The van der Waals surface area contributed by atoms with Gasteiger partial charge in [-0.25, -0.2) is 4.39 Å². The van der Waals surface area contributed by atoms with Crippen molar-refractivity contribution in [3.05, 3.63) is 57.9 Å². The summed E-state index contributed by atoms with van der Waals surface area (Å²) in [5.74, 6) is 0.143. The lowest BCUT2D eigenvalue weighted by Gasteiger charge is -2.21. The summed E-state index contributed by atoms with van der Waals surface area (Å²) < 4.78 is 24.2. The summed E-state index contributed by atoms with van der Waals surface area (Å²) in [4.78, 5) is 22.4. The SMILES string of the molecule is COc1cc(=O)[nH]c(-c2nc(C(C)(C)c3ccccc3F)no2)n1. The molecule has 2 heterocycles. The van der Waals surface area contributed by atoms with Gasteiger partial charge in [-0.3, -0.25) is 4.79 Å². The smallest absolute Gasteiger partial charge is 0.293 e. The van der Waals surface area contributed by atoms with Crippen LogP contribution in [0.15, 0.2) is 39.6 Å². The van der Waals surface area contributed by atoms with Crippen LogP contribution in [0.4, 0.5) is 4.39 Å². The van der Waals surface area contributed by atoms with E-state index in [1.54, 1.807) is 32.0 Å². The second kappa shape index (κ2) is 5.88. The predicted octanol–water partition coefficient (Wildman–Crippen LogP) is 2.29. The van der Waals surface area contributed by atoms with E-state index < -0.39 is 11.0 Å². The lowest BCUT2D eigenvalue weighted by atomic mass is 9.83. The van der Waals surface area contributed by atoms with Crippen molar-refractivity contribution in [3.63, 3.8) is 0 Å². The Labute approximate surface area is 136 Å². The van der Waals surface area contributed by atoms with Crippen molar-refractivity contribution in [3.8, 4) is 17.6 Å². The zero-order valence-corrected chi connectivity index (χ0v) is 13.3. The zero-order valence-electron chi connectivity index (χ0n) is 13.3. The van der Waals surface area contributed by atoms with Crippen LogP contribution < -0.4 is 10.3 Å². The van der Waals surface area contributed by atoms with E-state index in [9.17, 15) is 9.18 Å². The first-order chi connectivity index (χ1) is 11.4. The molecule has 0 saturated carbocycles. The Hall–Kier alpha value is -3.03. The summed E-state index contributed by atoms with van der Waals surface area (Å²) in [6.45, 7) is 3.56. The molecule has 124 valence electrons. The van der Waals surface area contributed by atoms with Gasteiger partial charge in [-0.1, -0.05) is 23.4 Å². The number of aromatic nitrogens is 4. The lowest BCUT2D eigenvalue weighted by Crippen LogP contribution is -2.22. The zero-order chi connectivity index (χ0) is 17.3. The third-order valence-corrected chi connectivity index (χ3v) is 3.66. The van der Waals surface area contributed by atoms with Gasteiger partial charge in [-0.15, -0.1) is 0 Å². The topological polar surface area (TPSA) is 93.9 Å². The Bertz CT molecular complexity index is 933. The fourth-order valence-corrected chi connectivity index (χ4v) is 2.30. The number of rotatable bonds is 4. The number of methoxy groups -OCH3 is 1. The highest BCUT2D eigenvalue weighted by atomic mass is 19.1. The summed E-state index contributed by atoms with van der Waals surface area (Å²) in [6.07, 6.45) is 0. The molecule has 3 rings (SSSR count). The summed E-state index contributed by atoms with van der Waals surface area (Å²) >= 11 is 0. The van der Waals surface area contributed by atoms with Crippen molar-refractivity contribution in [2.75, 3.05) is 7.11 Å². The number of nitrogens with zero attached hydrogens (tertiary/aromatic N) is 3. The van der Waals surface area contributed by atoms with E-state index in [0.29, 0.717) is 5.56 Å². The Kier molecular flexibility index (Phi) is 3.88. The van der Waals surface area contributed by atoms with Crippen LogP contribution in [0, 0.1) is 5.82 Å². The van der Waals surface area contributed by atoms with Gasteiger partial charge in [0.1, 0.15) is 5.82 Å². The first-order valence-corrected chi connectivity index (χ1v) is 7.16. The fourth-order valence-electron chi connectivity index (χ4n) is 2.30. The average molecular weight is 330 g/mol. The molecule has 0 amide bonds. The van der Waals surface area contributed by atoms with Gasteiger partial charge in [-0.2, -0.15) is 9.97 Å². The highest BCUT2D eigenvalue weighted by Gasteiger charge is 2.32. The molecule has 0 bridgehead atoms. The Morgan fingerprint density at radius 1 is 1.25 bits per heavy atom. The number of aromatic amines is 1. The predicted molar refractivity (Wildman–Crippen MR) is 83.2 cm³/mol. The second-order valence-corrected chi connectivity index (χ2v) is 5.66. The van der Waals surface area contributed by atoms with Crippen molar-refractivity contribution in [2.24, 2.45) is 0 Å². The molecular weight excluding hydrogens is 315 g/mol. The van der Waals surface area contributed by atoms with E-state index in [2.05, 4.69) is 20.1 Å². The molecule has 0 aliphatic carbocycles. The van der Waals surface area contributed by atoms with Crippen molar-refractivity contribution < 1.29 is 13.7 Å². The monoisotopic (exact) mass is 330 g/mol. The molecule has 7 nitrogen and oxygen atoms in total. The molecule has 24 heavy (non-hydrogen) atoms. The van der Waals surface area contributed by atoms with Crippen LogP contribution in [0.5, 0.6) is 5.88 Å². The van der Waals surface area contributed by atoms with E-state index in [1.807, 2.05) is 0 Å². The maximum atomic E-state index is 14.1. The molecule has 3 aromatic rings.